The predicted octanol–water partition coefficient (Wildman–Crippen LogP) is 1.39. The van der Waals surface area contributed by atoms with E-state index < -0.39 is 0 Å². The maximum absolute atomic E-state index is 9.00. The topological polar surface area (TPSA) is 25.2 Å². The third-order valence-corrected chi connectivity index (χ3v) is 2.26. The number of rotatable bonds is 2. The first-order chi connectivity index (χ1) is 5.31. The summed E-state index contributed by atoms with van der Waals surface area (Å²) in [5, 5.41) is 9.00. The van der Waals surface area contributed by atoms with Gasteiger partial charge in [-0.15, -0.1) is 0 Å². The second kappa shape index (κ2) is 2.38. The lowest BCUT2D eigenvalue weighted by molar-refractivity contribution is 0.280. The zero-order valence-electron chi connectivity index (χ0n) is 6.75. The third kappa shape index (κ3) is 1.18. The van der Waals surface area contributed by atoms with Gasteiger partial charge in [-0.2, -0.15) is 0 Å². The summed E-state index contributed by atoms with van der Waals surface area (Å²) in [5.74, 6) is 0.748. The number of nitrogens with zero attached hydrogens (tertiary/aromatic N) is 1. The summed E-state index contributed by atoms with van der Waals surface area (Å²) in [6, 6.07) is 0. The minimum atomic E-state index is 0.187. The Labute approximate surface area is 66.5 Å². The van der Waals surface area contributed by atoms with Crippen molar-refractivity contribution >= 4 is 0 Å². The van der Waals surface area contributed by atoms with Crippen LogP contribution in [-0.4, -0.2) is 9.67 Å². The van der Waals surface area contributed by atoms with Crippen LogP contribution in [-0.2, 0) is 13.7 Å². The lowest BCUT2D eigenvalue weighted by atomic mass is 10.1. The van der Waals surface area contributed by atoms with Gasteiger partial charge in [0.15, 0.2) is 0 Å². The maximum atomic E-state index is 9.00. The van der Waals surface area contributed by atoms with Gasteiger partial charge in [-0.1, -0.05) is 0 Å². The average molecular weight is 151 g/mol. The number of hydrogen-bond donors (Lipinski definition) is 1. The van der Waals surface area contributed by atoms with Crippen LogP contribution in [0.25, 0.3) is 0 Å². The Balaban J connectivity index is 2.34. The van der Waals surface area contributed by atoms with E-state index in [0.717, 1.165) is 11.5 Å². The van der Waals surface area contributed by atoms with Crippen molar-refractivity contribution in [3.63, 3.8) is 0 Å². The lowest BCUT2D eigenvalue weighted by Crippen LogP contribution is -1.84. The number of aliphatic hydroxyl groups is 1. The second-order valence-corrected chi connectivity index (χ2v) is 3.34. The monoisotopic (exact) mass is 151 g/mol. The van der Waals surface area contributed by atoms with Crippen LogP contribution in [0.1, 0.15) is 29.9 Å². The first-order valence-electron chi connectivity index (χ1n) is 4.07. The second-order valence-electron chi connectivity index (χ2n) is 3.34. The van der Waals surface area contributed by atoms with Crippen molar-refractivity contribution in [3.05, 3.63) is 23.5 Å². The van der Waals surface area contributed by atoms with Crippen molar-refractivity contribution in [1.29, 1.82) is 0 Å². The molecule has 1 heterocycles. The Morgan fingerprint density at radius 3 is 2.82 bits per heavy atom. The third-order valence-electron chi connectivity index (χ3n) is 2.26. The number of aromatic nitrogens is 1. The van der Waals surface area contributed by atoms with Crippen LogP contribution in [0.2, 0.25) is 0 Å². The summed E-state index contributed by atoms with van der Waals surface area (Å²) in [4.78, 5) is 0. The largest absolute Gasteiger partial charge is 0.392 e. The first-order valence-corrected chi connectivity index (χ1v) is 4.07. The van der Waals surface area contributed by atoms with Crippen molar-refractivity contribution in [2.24, 2.45) is 7.05 Å². The van der Waals surface area contributed by atoms with Crippen LogP contribution < -0.4 is 0 Å². The summed E-state index contributed by atoms with van der Waals surface area (Å²) >= 11 is 0. The molecule has 1 aromatic rings. The molecule has 60 valence electrons. The molecule has 1 saturated carbocycles. The van der Waals surface area contributed by atoms with E-state index in [-0.39, 0.29) is 6.61 Å². The minimum absolute atomic E-state index is 0.187. The van der Waals surface area contributed by atoms with Gasteiger partial charge in [-0.25, -0.2) is 0 Å². The Kier molecular flexibility index (Phi) is 1.50. The smallest absolute Gasteiger partial charge is 0.0699 e. The summed E-state index contributed by atoms with van der Waals surface area (Å²) in [7, 11) is 2.00. The average Bonchev–Trinajstić information content (AvgIpc) is 2.75. The van der Waals surface area contributed by atoms with E-state index in [1.165, 1.54) is 18.4 Å². The van der Waals surface area contributed by atoms with Crippen molar-refractivity contribution in [2.75, 3.05) is 0 Å². The molecule has 0 aromatic carbocycles. The quantitative estimate of drug-likeness (QED) is 0.679. The van der Waals surface area contributed by atoms with Gasteiger partial charge >= 0.3 is 0 Å². The van der Waals surface area contributed by atoms with E-state index in [2.05, 4.69) is 6.20 Å². The fourth-order valence-corrected chi connectivity index (χ4v) is 1.55. The molecule has 11 heavy (non-hydrogen) atoms. The molecule has 1 aromatic heterocycles. The van der Waals surface area contributed by atoms with Gasteiger partial charge < -0.3 is 9.67 Å². The van der Waals surface area contributed by atoms with Crippen LogP contribution in [0.3, 0.4) is 0 Å². The van der Waals surface area contributed by atoms with Gasteiger partial charge in [0.2, 0.25) is 0 Å². The molecule has 0 aliphatic heterocycles. The molecular formula is C9H13NO. The molecule has 1 N–H and O–H groups in total. The molecule has 0 amide bonds. The lowest BCUT2D eigenvalue weighted by Gasteiger charge is -1.94. The summed E-state index contributed by atoms with van der Waals surface area (Å²) in [6.45, 7) is 0.187. The highest BCUT2D eigenvalue weighted by atomic mass is 16.3. The van der Waals surface area contributed by atoms with Crippen LogP contribution in [0.4, 0.5) is 0 Å². The zero-order valence-corrected chi connectivity index (χ0v) is 6.75. The van der Waals surface area contributed by atoms with Crippen molar-refractivity contribution in [1.82, 2.24) is 4.57 Å². The summed E-state index contributed by atoms with van der Waals surface area (Å²) < 4.78 is 2.03. The molecule has 0 saturated heterocycles. The van der Waals surface area contributed by atoms with Gasteiger partial charge in [0.1, 0.15) is 0 Å². The molecule has 0 atom stereocenters. The predicted molar refractivity (Wildman–Crippen MR) is 43.3 cm³/mol. The SMILES string of the molecule is Cn1cc(CO)c(C2CC2)c1. The van der Waals surface area contributed by atoms with E-state index in [0.29, 0.717) is 0 Å². The molecule has 0 bridgehead atoms. The fourth-order valence-electron chi connectivity index (χ4n) is 1.55. The molecule has 0 spiro atoms. The van der Waals surface area contributed by atoms with E-state index >= 15 is 0 Å². The molecule has 0 unspecified atom stereocenters. The van der Waals surface area contributed by atoms with Crippen molar-refractivity contribution in [3.8, 4) is 0 Å². The summed E-state index contributed by atoms with van der Waals surface area (Å²) in [6.07, 6.45) is 6.74. The van der Waals surface area contributed by atoms with Gasteiger partial charge in [0.05, 0.1) is 6.61 Å². The molecular weight excluding hydrogens is 138 g/mol. The van der Waals surface area contributed by atoms with Crippen LogP contribution in [0.15, 0.2) is 12.4 Å². The Morgan fingerprint density at radius 1 is 1.55 bits per heavy atom. The van der Waals surface area contributed by atoms with Crippen LogP contribution in [0, 0.1) is 0 Å². The van der Waals surface area contributed by atoms with Gasteiger partial charge in [0.25, 0.3) is 0 Å². The van der Waals surface area contributed by atoms with Gasteiger partial charge in [-0.3, -0.25) is 0 Å². The van der Waals surface area contributed by atoms with Crippen LogP contribution in [0.5, 0.6) is 0 Å². The van der Waals surface area contributed by atoms with Crippen molar-refractivity contribution < 1.29 is 5.11 Å². The molecule has 2 rings (SSSR count). The van der Waals surface area contributed by atoms with Gasteiger partial charge in [-0.05, 0) is 29.9 Å². The highest BCUT2D eigenvalue weighted by Gasteiger charge is 2.26. The van der Waals surface area contributed by atoms with Crippen molar-refractivity contribution in [2.45, 2.75) is 25.4 Å². The Bertz CT molecular complexity index is 261. The van der Waals surface area contributed by atoms with Gasteiger partial charge in [0, 0.05) is 19.4 Å². The highest BCUT2D eigenvalue weighted by Crippen LogP contribution is 2.41. The molecule has 2 heteroatoms. The molecule has 1 aliphatic rings. The normalized spacial score (nSPS) is 17.3. The number of hydrogen-bond acceptors (Lipinski definition) is 1. The van der Waals surface area contributed by atoms with E-state index in [1.807, 2.05) is 17.8 Å². The molecule has 2 nitrogen and oxygen atoms in total. The van der Waals surface area contributed by atoms with Crippen LogP contribution >= 0.6 is 0 Å². The number of aryl methyl sites for hydroxylation is 1. The number of aliphatic hydroxyl groups excluding tert-OH is 1. The standard InChI is InChI=1S/C9H13NO/c1-10-4-8(6-11)9(5-10)7-2-3-7/h4-5,7,11H,2-3,6H2,1H3. The highest BCUT2D eigenvalue weighted by molar-refractivity contribution is 5.30. The zero-order chi connectivity index (χ0) is 7.84. The fraction of sp³-hybridized carbons (Fsp3) is 0.556. The van der Waals surface area contributed by atoms with E-state index in [9.17, 15) is 0 Å². The summed E-state index contributed by atoms with van der Waals surface area (Å²) in [5.41, 5.74) is 2.46. The van der Waals surface area contributed by atoms with E-state index in [4.69, 9.17) is 5.11 Å². The Hall–Kier alpha value is -0.760. The first kappa shape index (κ1) is 6.92. The maximum Gasteiger partial charge on any atom is 0.0699 e. The van der Waals surface area contributed by atoms with E-state index in [1.54, 1.807) is 0 Å². The molecule has 1 aliphatic carbocycles. The molecule has 0 radical (unpaired) electrons. The molecule has 1 fully saturated rings. The Morgan fingerprint density at radius 2 is 2.27 bits per heavy atom. The minimum Gasteiger partial charge on any atom is -0.392 e.